The summed E-state index contributed by atoms with van der Waals surface area (Å²) in [6.45, 7) is 6.00. The van der Waals surface area contributed by atoms with E-state index in [-0.39, 0.29) is 17.9 Å². The van der Waals surface area contributed by atoms with Crippen LogP contribution in [0.1, 0.15) is 32.8 Å². The molecule has 9 heteroatoms. The van der Waals surface area contributed by atoms with Gasteiger partial charge in [-0.25, -0.2) is 8.42 Å². The smallest absolute Gasteiger partial charge is 0.323 e. The van der Waals surface area contributed by atoms with Crippen LogP contribution < -0.4 is 15.1 Å². The quantitative estimate of drug-likeness (QED) is 0.179. The second-order valence-corrected chi connectivity index (χ2v) is 17.2. The minimum atomic E-state index is -4.24. The summed E-state index contributed by atoms with van der Waals surface area (Å²) in [5.74, 6) is 2.34. The predicted molar refractivity (Wildman–Crippen MR) is 171 cm³/mol. The first-order chi connectivity index (χ1) is 20.5. The SMILES string of the molecule is C#CC[C@H](C(=O)O[Si](c1ccccc1)(c1ccccc1)C(C)(C)C)N(Cc1cccnc1)S(=O)(=O)c1ccc(OC)cc1. The summed E-state index contributed by atoms with van der Waals surface area (Å²) < 4.78 is 41.6. The van der Waals surface area contributed by atoms with Crippen LogP contribution in [0.25, 0.3) is 0 Å². The fourth-order valence-electron chi connectivity index (χ4n) is 5.20. The van der Waals surface area contributed by atoms with Crippen LogP contribution in [0.2, 0.25) is 5.04 Å². The van der Waals surface area contributed by atoms with Gasteiger partial charge in [-0.15, -0.1) is 12.3 Å². The van der Waals surface area contributed by atoms with Crippen molar-refractivity contribution < 1.29 is 22.4 Å². The Morgan fingerprint density at radius 3 is 1.98 bits per heavy atom. The minimum absolute atomic E-state index is 0.00235. The number of hydrogen-bond donors (Lipinski definition) is 0. The van der Waals surface area contributed by atoms with Gasteiger partial charge in [0.15, 0.2) is 0 Å². The normalized spacial score (nSPS) is 12.7. The van der Waals surface area contributed by atoms with Gasteiger partial charge < -0.3 is 9.16 Å². The van der Waals surface area contributed by atoms with E-state index in [2.05, 4.69) is 10.9 Å². The number of carbonyl (C=O) groups excluding carboxylic acids is 1. The molecule has 4 rings (SSSR count). The molecule has 7 nitrogen and oxygen atoms in total. The third-order valence-electron chi connectivity index (χ3n) is 7.33. The van der Waals surface area contributed by atoms with Crippen molar-refractivity contribution in [1.29, 1.82) is 0 Å². The summed E-state index contributed by atoms with van der Waals surface area (Å²) in [6.07, 6.45) is 8.77. The monoisotopic (exact) mass is 612 g/mol. The fourth-order valence-corrected chi connectivity index (χ4v) is 11.1. The second-order valence-electron chi connectivity index (χ2n) is 11.1. The number of aromatic nitrogens is 1. The Labute approximate surface area is 255 Å². The highest BCUT2D eigenvalue weighted by Gasteiger charge is 2.54. The number of benzene rings is 3. The van der Waals surface area contributed by atoms with E-state index in [4.69, 9.17) is 15.6 Å². The number of hydrogen-bond acceptors (Lipinski definition) is 6. The molecule has 4 aromatic rings. The van der Waals surface area contributed by atoms with Crippen LogP contribution in [0.3, 0.4) is 0 Å². The topological polar surface area (TPSA) is 85.8 Å². The Hall–Kier alpha value is -4.23. The highest BCUT2D eigenvalue weighted by Crippen LogP contribution is 2.37. The number of pyridine rings is 1. The predicted octanol–water partition coefficient (Wildman–Crippen LogP) is 4.78. The van der Waals surface area contributed by atoms with Gasteiger partial charge in [-0.3, -0.25) is 9.78 Å². The van der Waals surface area contributed by atoms with Crippen molar-refractivity contribution in [1.82, 2.24) is 9.29 Å². The molecule has 0 bridgehead atoms. The molecule has 3 aromatic carbocycles. The first-order valence-electron chi connectivity index (χ1n) is 13.9. The van der Waals surface area contributed by atoms with Crippen molar-refractivity contribution in [3.63, 3.8) is 0 Å². The maximum Gasteiger partial charge on any atom is 0.323 e. The van der Waals surface area contributed by atoms with E-state index in [0.717, 1.165) is 14.7 Å². The third kappa shape index (κ3) is 6.72. The zero-order chi connectivity index (χ0) is 31.1. The lowest BCUT2D eigenvalue weighted by Gasteiger charge is -2.43. The maximum atomic E-state index is 14.5. The van der Waals surface area contributed by atoms with Crippen LogP contribution in [0, 0.1) is 12.3 Å². The van der Waals surface area contributed by atoms with E-state index in [9.17, 15) is 13.2 Å². The van der Waals surface area contributed by atoms with Crippen LogP contribution >= 0.6 is 0 Å². The molecule has 0 aliphatic carbocycles. The summed E-state index contributed by atoms with van der Waals surface area (Å²) in [5.41, 5.74) is 0.597. The molecule has 0 radical (unpaired) electrons. The summed E-state index contributed by atoms with van der Waals surface area (Å²) >= 11 is 0. The van der Waals surface area contributed by atoms with E-state index >= 15 is 0 Å². The summed E-state index contributed by atoms with van der Waals surface area (Å²) in [5, 5.41) is 1.26. The molecule has 0 spiro atoms. The molecule has 0 unspecified atom stereocenters. The highest BCUT2D eigenvalue weighted by molar-refractivity contribution is 7.89. The van der Waals surface area contributed by atoms with Gasteiger partial charge in [0.1, 0.15) is 11.8 Å². The van der Waals surface area contributed by atoms with Crippen LogP contribution in [0.15, 0.2) is 114 Å². The molecule has 1 aromatic heterocycles. The van der Waals surface area contributed by atoms with Gasteiger partial charge in [-0.1, -0.05) is 87.5 Å². The number of carbonyl (C=O) groups is 1. The van der Waals surface area contributed by atoms with Gasteiger partial charge in [0.2, 0.25) is 10.0 Å². The average molecular weight is 613 g/mol. The zero-order valence-electron chi connectivity index (χ0n) is 24.8. The van der Waals surface area contributed by atoms with Gasteiger partial charge in [-0.2, -0.15) is 4.31 Å². The molecule has 222 valence electrons. The second kappa shape index (κ2) is 13.4. The molecular formula is C34H36N2O5SSi. The number of sulfonamides is 1. The van der Waals surface area contributed by atoms with Crippen LogP contribution in [0.4, 0.5) is 0 Å². The van der Waals surface area contributed by atoms with Crippen LogP contribution in [-0.2, 0) is 25.8 Å². The Morgan fingerprint density at radius 1 is 0.930 bits per heavy atom. The molecule has 0 aliphatic rings. The van der Waals surface area contributed by atoms with Crippen molar-refractivity contribution in [2.45, 2.75) is 49.7 Å². The maximum absolute atomic E-state index is 14.5. The van der Waals surface area contributed by atoms with Gasteiger partial charge in [0, 0.05) is 25.4 Å². The van der Waals surface area contributed by atoms with Gasteiger partial charge in [0.05, 0.1) is 12.0 Å². The first kappa shape index (κ1) is 31.7. The fraction of sp³-hybridized carbons (Fsp3) is 0.235. The lowest BCUT2D eigenvalue weighted by atomic mass is 10.2. The Kier molecular flexibility index (Phi) is 9.86. The van der Waals surface area contributed by atoms with Crippen LogP contribution in [0.5, 0.6) is 5.75 Å². The minimum Gasteiger partial charge on any atom is -0.508 e. The number of rotatable bonds is 11. The van der Waals surface area contributed by atoms with E-state index in [0.29, 0.717) is 11.3 Å². The largest absolute Gasteiger partial charge is 0.508 e. The lowest BCUT2D eigenvalue weighted by Crippen LogP contribution is -2.68. The zero-order valence-corrected chi connectivity index (χ0v) is 26.6. The van der Waals surface area contributed by atoms with Crippen molar-refractivity contribution in [3.8, 4) is 18.1 Å². The highest BCUT2D eigenvalue weighted by atomic mass is 32.2. The first-order valence-corrected chi connectivity index (χ1v) is 17.2. The Balaban J connectivity index is 1.88. The van der Waals surface area contributed by atoms with E-state index in [1.54, 1.807) is 36.7 Å². The number of ether oxygens (including phenoxy) is 1. The summed E-state index contributed by atoms with van der Waals surface area (Å²) in [6, 6.07) is 27.6. The standard InChI is InChI=1S/C34H36N2O5SSi/c1-6-14-32(36(26-27-15-13-24-35-25-27)42(38,39)29-22-20-28(40-5)21-23-29)33(37)41-43(34(2,3)4,30-16-9-7-10-17-30)31-18-11-8-12-19-31/h1,7-13,15-25,32H,14,26H2,2-5H3/t32-/m1/s1. The number of nitrogens with zero attached hydrogens (tertiary/aromatic N) is 2. The summed E-state index contributed by atoms with van der Waals surface area (Å²) in [4.78, 5) is 18.7. The van der Waals surface area contributed by atoms with E-state index in [1.807, 2.05) is 81.4 Å². The van der Waals surface area contributed by atoms with Gasteiger partial charge in [-0.05, 0) is 51.3 Å². The Morgan fingerprint density at radius 2 is 1.51 bits per heavy atom. The van der Waals surface area contributed by atoms with Crippen LogP contribution in [-0.4, -0.2) is 45.1 Å². The molecule has 43 heavy (non-hydrogen) atoms. The molecule has 0 saturated carbocycles. The molecular weight excluding hydrogens is 577 g/mol. The molecule has 0 saturated heterocycles. The van der Waals surface area contributed by atoms with Crippen molar-refractivity contribution >= 4 is 34.7 Å². The molecule has 0 amide bonds. The lowest BCUT2D eigenvalue weighted by molar-refractivity contribution is -0.139. The molecule has 0 N–H and O–H groups in total. The van der Waals surface area contributed by atoms with Crippen molar-refractivity contribution in [2.24, 2.45) is 0 Å². The van der Waals surface area contributed by atoms with Crippen molar-refractivity contribution in [3.05, 3.63) is 115 Å². The summed E-state index contributed by atoms with van der Waals surface area (Å²) in [7, 11) is -6.10. The molecule has 0 fully saturated rings. The number of methoxy groups -OCH3 is 1. The van der Waals surface area contributed by atoms with Crippen molar-refractivity contribution in [2.75, 3.05) is 7.11 Å². The molecule has 1 heterocycles. The van der Waals surface area contributed by atoms with E-state index in [1.165, 1.54) is 19.2 Å². The Bertz CT molecular complexity index is 1610. The molecule has 0 aliphatic heterocycles. The van der Waals surface area contributed by atoms with Gasteiger partial charge >= 0.3 is 14.3 Å². The third-order valence-corrected chi connectivity index (χ3v) is 14.1. The average Bonchev–Trinajstić information content (AvgIpc) is 3.02. The number of terminal acetylenes is 1. The molecule has 1 atom stereocenters. The van der Waals surface area contributed by atoms with Gasteiger partial charge in [0.25, 0.3) is 0 Å². The van der Waals surface area contributed by atoms with E-state index < -0.39 is 35.4 Å².